The molecule has 0 radical (unpaired) electrons. The van der Waals surface area contributed by atoms with Crippen molar-refractivity contribution in [2.45, 2.75) is 45.3 Å². The highest BCUT2D eigenvalue weighted by molar-refractivity contribution is 5.05. The molecule has 6 nitrogen and oxygen atoms in total. The molecule has 108 valence electrons. The van der Waals surface area contributed by atoms with Crippen LogP contribution < -0.4 is 5.73 Å². The number of rotatable bonds is 5. The van der Waals surface area contributed by atoms with Crippen LogP contribution in [0.2, 0.25) is 0 Å². The second-order valence-corrected chi connectivity index (χ2v) is 5.27. The van der Waals surface area contributed by atoms with Gasteiger partial charge in [0, 0.05) is 32.7 Å². The molecule has 1 aromatic rings. The Morgan fingerprint density at radius 1 is 1.37 bits per heavy atom. The van der Waals surface area contributed by atoms with Crippen LogP contribution in [-0.4, -0.2) is 30.0 Å². The molecule has 2 N–H and O–H groups in total. The van der Waals surface area contributed by atoms with Crippen LogP contribution in [0.15, 0.2) is 4.52 Å². The van der Waals surface area contributed by atoms with Crippen LogP contribution in [0.1, 0.15) is 51.4 Å². The highest BCUT2D eigenvalue weighted by atomic mass is 16.5. The van der Waals surface area contributed by atoms with Crippen LogP contribution in [0, 0.1) is 5.92 Å². The number of aromatic nitrogens is 2. The van der Waals surface area contributed by atoms with Gasteiger partial charge in [0.2, 0.25) is 11.7 Å². The Kier molecular flexibility index (Phi) is 4.54. The lowest BCUT2D eigenvalue weighted by atomic mass is 9.93. The predicted molar refractivity (Wildman–Crippen MR) is 69.4 cm³/mol. The minimum Gasteiger partial charge on any atom is -0.381 e. The van der Waals surface area contributed by atoms with E-state index in [0.717, 1.165) is 12.8 Å². The number of hydrogen-bond donors (Lipinski definition) is 1. The first kappa shape index (κ1) is 14.4. The molecule has 19 heavy (non-hydrogen) atoms. The summed E-state index contributed by atoms with van der Waals surface area (Å²) in [5.74, 6) is 1.34. The maximum absolute atomic E-state index is 6.04. The third-order valence-corrected chi connectivity index (χ3v) is 3.57. The summed E-state index contributed by atoms with van der Waals surface area (Å²) < 4.78 is 16.6. The Labute approximate surface area is 113 Å². The van der Waals surface area contributed by atoms with Crippen molar-refractivity contribution in [3.63, 3.8) is 0 Å². The Hall–Kier alpha value is -0.980. The zero-order valence-corrected chi connectivity index (χ0v) is 11.9. The molecule has 0 spiro atoms. The monoisotopic (exact) mass is 269 g/mol. The lowest BCUT2D eigenvalue weighted by molar-refractivity contribution is -0.118. The van der Waals surface area contributed by atoms with Gasteiger partial charge in [0.25, 0.3) is 0 Å². The van der Waals surface area contributed by atoms with E-state index < -0.39 is 5.60 Å². The van der Waals surface area contributed by atoms with Gasteiger partial charge in [-0.25, -0.2) is 0 Å². The van der Waals surface area contributed by atoms with Crippen LogP contribution in [0.5, 0.6) is 0 Å². The standard InChI is InChI=1S/C13H23N3O3/c1-4-18-13(5-7-17-8-6-13)12-15-11(19-16-12)10(14)9(2)3/h9-10H,4-8,14H2,1-3H3/t10-/m0/s1. The van der Waals surface area contributed by atoms with Crippen molar-refractivity contribution in [2.75, 3.05) is 19.8 Å². The highest BCUT2D eigenvalue weighted by Gasteiger charge is 2.40. The van der Waals surface area contributed by atoms with E-state index in [0.29, 0.717) is 31.5 Å². The first-order valence-corrected chi connectivity index (χ1v) is 6.90. The molecule has 2 heterocycles. The molecule has 0 bridgehead atoms. The van der Waals surface area contributed by atoms with Crippen molar-refractivity contribution >= 4 is 0 Å². The van der Waals surface area contributed by atoms with E-state index >= 15 is 0 Å². The van der Waals surface area contributed by atoms with Crippen molar-refractivity contribution in [2.24, 2.45) is 11.7 Å². The third kappa shape index (κ3) is 2.96. The molecule has 1 aliphatic rings. The van der Waals surface area contributed by atoms with Crippen molar-refractivity contribution in [1.29, 1.82) is 0 Å². The first-order chi connectivity index (χ1) is 9.09. The van der Waals surface area contributed by atoms with Gasteiger partial charge < -0.3 is 19.7 Å². The number of ether oxygens (including phenoxy) is 2. The van der Waals surface area contributed by atoms with E-state index in [1.807, 2.05) is 20.8 Å². The molecule has 2 rings (SSSR count). The third-order valence-electron chi connectivity index (χ3n) is 3.57. The largest absolute Gasteiger partial charge is 0.381 e. The maximum atomic E-state index is 6.04. The van der Waals surface area contributed by atoms with E-state index in [-0.39, 0.29) is 12.0 Å². The van der Waals surface area contributed by atoms with E-state index in [2.05, 4.69) is 10.1 Å². The van der Waals surface area contributed by atoms with Gasteiger partial charge >= 0.3 is 0 Å². The molecule has 1 saturated heterocycles. The average Bonchev–Trinajstić information content (AvgIpc) is 2.89. The summed E-state index contributed by atoms with van der Waals surface area (Å²) >= 11 is 0. The molecule has 0 aliphatic carbocycles. The molecule has 1 aromatic heterocycles. The summed E-state index contributed by atoms with van der Waals surface area (Å²) in [6.07, 6.45) is 1.49. The van der Waals surface area contributed by atoms with Crippen LogP contribution in [-0.2, 0) is 15.1 Å². The number of hydrogen-bond acceptors (Lipinski definition) is 6. The van der Waals surface area contributed by atoms with E-state index in [4.69, 9.17) is 19.7 Å². The Balaban J connectivity index is 2.23. The Morgan fingerprint density at radius 2 is 2.05 bits per heavy atom. The lowest BCUT2D eigenvalue weighted by Crippen LogP contribution is -2.37. The zero-order valence-electron chi connectivity index (χ0n) is 11.9. The van der Waals surface area contributed by atoms with Gasteiger partial charge in [-0.3, -0.25) is 0 Å². The summed E-state index contributed by atoms with van der Waals surface area (Å²) in [4.78, 5) is 4.46. The normalized spacial score (nSPS) is 20.7. The molecule has 1 fully saturated rings. The van der Waals surface area contributed by atoms with Gasteiger partial charge in [-0.05, 0) is 12.8 Å². The summed E-state index contributed by atoms with van der Waals surface area (Å²) in [5, 5.41) is 4.09. The smallest absolute Gasteiger partial charge is 0.243 e. The second-order valence-electron chi connectivity index (χ2n) is 5.27. The number of nitrogens with two attached hydrogens (primary N) is 1. The molecular weight excluding hydrogens is 246 g/mol. The molecule has 1 aliphatic heterocycles. The van der Waals surface area contributed by atoms with Gasteiger partial charge in [0.05, 0.1) is 6.04 Å². The molecule has 1 atom stereocenters. The Bertz CT molecular complexity index is 394. The Morgan fingerprint density at radius 3 is 2.63 bits per heavy atom. The van der Waals surface area contributed by atoms with Gasteiger partial charge in [-0.1, -0.05) is 19.0 Å². The fraction of sp³-hybridized carbons (Fsp3) is 0.846. The fourth-order valence-corrected chi connectivity index (χ4v) is 2.25. The molecule has 0 unspecified atom stereocenters. The quantitative estimate of drug-likeness (QED) is 0.877. The van der Waals surface area contributed by atoms with Crippen LogP contribution in [0.25, 0.3) is 0 Å². The summed E-state index contributed by atoms with van der Waals surface area (Å²) in [6, 6.07) is -0.236. The fourth-order valence-electron chi connectivity index (χ4n) is 2.25. The minimum absolute atomic E-state index is 0.236. The zero-order chi connectivity index (χ0) is 13.9. The van der Waals surface area contributed by atoms with Gasteiger partial charge in [-0.2, -0.15) is 4.98 Å². The summed E-state index contributed by atoms with van der Waals surface area (Å²) in [7, 11) is 0. The van der Waals surface area contributed by atoms with Gasteiger partial charge in [-0.15, -0.1) is 0 Å². The SMILES string of the molecule is CCOC1(c2noc([C@@H](N)C(C)C)n2)CCOCC1. The van der Waals surface area contributed by atoms with E-state index in [1.54, 1.807) is 0 Å². The maximum Gasteiger partial charge on any atom is 0.243 e. The molecule has 0 saturated carbocycles. The molecule has 0 aromatic carbocycles. The van der Waals surface area contributed by atoms with Gasteiger partial charge in [0.15, 0.2) is 0 Å². The second kappa shape index (κ2) is 5.98. The number of nitrogens with zero attached hydrogens (tertiary/aromatic N) is 2. The van der Waals surface area contributed by atoms with Crippen molar-refractivity contribution in [3.8, 4) is 0 Å². The topological polar surface area (TPSA) is 83.4 Å². The van der Waals surface area contributed by atoms with Gasteiger partial charge in [0.1, 0.15) is 5.60 Å². The van der Waals surface area contributed by atoms with Crippen LogP contribution in [0.3, 0.4) is 0 Å². The summed E-state index contributed by atoms with van der Waals surface area (Å²) in [5.41, 5.74) is 5.56. The molecule has 0 amide bonds. The van der Waals surface area contributed by atoms with E-state index in [9.17, 15) is 0 Å². The molecule has 6 heteroatoms. The first-order valence-electron chi connectivity index (χ1n) is 6.90. The summed E-state index contributed by atoms with van der Waals surface area (Å²) in [6.45, 7) is 7.95. The van der Waals surface area contributed by atoms with E-state index in [1.165, 1.54) is 0 Å². The highest BCUT2D eigenvalue weighted by Crippen LogP contribution is 2.34. The van der Waals surface area contributed by atoms with Crippen LogP contribution in [0.4, 0.5) is 0 Å². The lowest BCUT2D eigenvalue weighted by Gasteiger charge is -2.33. The van der Waals surface area contributed by atoms with Crippen molar-refractivity contribution in [3.05, 3.63) is 11.7 Å². The molecular formula is C13H23N3O3. The van der Waals surface area contributed by atoms with Crippen molar-refractivity contribution < 1.29 is 14.0 Å². The minimum atomic E-state index is -0.481. The predicted octanol–water partition coefficient (Wildman–Crippen LogP) is 1.77. The van der Waals surface area contributed by atoms with Crippen molar-refractivity contribution in [1.82, 2.24) is 10.1 Å². The van der Waals surface area contributed by atoms with Crippen LogP contribution >= 0.6 is 0 Å². The average molecular weight is 269 g/mol.